The van der Waals surface area contributed by atoms with Gasteiger partial charge in [0.05, 0.1) is 11.3 Å². The Balaban J connectivity index is 1.99. The number of anilines is 1. The maximum Gasteiger partial charge on any atom is 0.242 e. The van der Waals surface area contributed by atoms with Crippen LogP contribution in [-0.2, 0) is 4.79 Å². The van der Waals surface area contributed by atoms with Crippen molar-refractivity contribution in [2.24, 2.45) is 0 Å². The number of nitriles is 1. The summed E-state index contributed by atoms with van der Waals surface area (Å²) in [5, 5.41) is 14.9. The molecular weight excluding hydrogens is 214 g/mol. The van der Waals surface area contributed by atoms with E-state index in [1.54, 1.807) is 25.1 Å². The standard InChI is InChI=1S/C13H15N3O/c1-9(13(17)16-11-6-7-11)15-12-5-3-2-4-10(12)8-14/h2-5,9,11,15H,6-7H2,1H3,(H,16,17). The molecule has 1 aliphatic carbocycles. The number of hydrogen-bond acceptors (Lipinski definition) is 3. The van der Waals surface area contributed by atoms with E-state index in [1.165, 1.54) is 0 Å². The van der Waals surface area contributed by atoms with E-state index >= 15 is 0 Å². The monoisotopic (exact) mass is 229 g/mol. The second-order valence-electron chi connectivity index (χ2n) is 4.31. The van der Waals surface area contributed by atoms with E-state index in [0.29, 0.717) is 17.3 Å². The van der Waals surface area contributed by atoms with Crippen LogP contribution in [-0.4, -0.2) is 18.0 Å². The van der Waals surface area contributed by atoms with Crippen LogP contribution in [0.4, 0.5) is 5.69 Å². The van der Waals surface area contributed by atoms with Gasteiger partial charge in [0.15, 0.2) is 0 Å². The van der Waals surface area contributed by atoms with Gasteiger partial charge in [0.25, 0.3) is 0 Å². The van der Waals surface area contributed by atoms with Gasteiger partial charge in [-0.3, -0.25) is 4.79 Å². The van der Waals surface area contributed by atoms with Gasteiger partial charge in [-0.25, -0.2) is 0 Å². The van der Waals surface area contributed by atoms with E-state index in [1.807, 2.05) is 6.07 Å². The lowest BCUT2D eigenvalue weighted by molar-refractivity contribution is -0.121. The smallest absolute Gasteiger partial charge is 0.242 e. The summed E-state index contributed by atoms with van der Waals surface area (Å²) in [6.45, 7) is 1.80. The van der Waals surface area contributed by atoms with Crippen LogP contribution in [0, 0.1) is 11.3 Å². The summed E-state index contributed by atoms with van der Waals surface area (Å²) in [6, 6.07) is 9.31. The highest BCUT2D eigenvalue weighted by Crippen LogP contribution is 2.19. The molecule has 1 saturated carbocycles. The quantitative estimate of drug-likeness (QED) is 0.824. The predicted molar refractivity (Wildman–Crippen MR) is 65.4 cm³/mol. The van der Waals surface area contributed by atoms with Crippen LogP contribution < -0.4 is 10.6 Å². The van der Waals surface area contributed by atoms with Crippen molar-refractivity contribution in [3.8, 4) is 6.07 Å². The Kier molecular flexibility index (Phi) is 3.29. The second kappa shape index (κ2) is 4.88. The Bertz CT molecular complexity index is 460. The molecule has 4 nitrogen and oxygen atoms in total. The molecule has 17 heavy (non-hydrogen) atoms. The summed E-state index contributed by atoms with van der Waals surface area (Å²) in [5.74, 6) is -0.0137. The van der Waals surface area contributed by atoms with Crippen LogP contribution in [0.25, 0.3) is 0 Å². The van der Waals surface area contributed by atoms with Gasteiger partial charge < -0.3 is 10.6 Å². The highest BCUT2D eigenvalue weighted by molar-refractivity contribution is 5.85. The van der Waals surface area contributed by atoms with E-state index < -0.39 is 0 Å². The van der Waals surface area contributed by atoms with Gasteiger partial charge >= 0.3 is 0 Å². The normalized spacial score (nSPS) is 15.8. The summed E-state index contributed by atoms with van der Waals surface area (Å²) in [7, 11) is 0. The molecule has 1 amide bonds. The largest absolute Gasteiger partial charge is 0.373 e. The SMILES string of the molecule is CC(Nc1ccccc1C#N)C(=O)NC1CC1. The van der Waals surface area contributed by atoms with Gasteiger partial charge in [-0.2, -0.15) is 5.26 Å². The zero-order chi connectivity index (χ0) is 12.3. The van der Waals surface area contributed by atoms with Crippen LogP contribution >= 0.6 is 0 Å². The Morgan fingerprint density at radius 1 is 1.47 bits per heavy atom. The molecule has 0 heterocycles. The van der Waals surface area contributed by atoms with Crippen LogP contribution in [0.5, 0.6) is 0 Å². The minimum atomic E-state index is -0.329. The van der Waals surface area contributed by atoms with Crippen molar-refractivity contribution >= 4 is 11.6 Å². The zero-order valence-electron chi connectivity index (χ0n) is 9.73. The average Bonchev–Trinajstić information content (AvgIpc) is 3.13. The lowest BCUT2D eigenvalue weighted by Crippen LogP contribution is -2.38. The van der Waals surface area contributed by atoms with Crippen LogP contribution in [0.15, 0.2) is 24.3 Å². The number of carbonyl (C=O) groups is 1. The third-order valence-electron chi connectivity index (χ3n) is 2.74. The number of amides is 1. The van der Waals surface area contributed by atoms with Gasteiger partial charge in [0, 0.05) is 6.04 Å². The third kappa shape index (κ3) is 2.97. The van der Waals surface area contributed by atoms with Crippen molar-refractivity contribution in [1.82, 2.24) is 5.32 Å². The fraction of sp³-hybridized carbons (Fsp3) is 0.385. The molecule has 0 aliphatic heterocycles. The first kappa shape index (κ1) is 11.5. The number of nitrogens with one attached hydrogen (secondary N) is 2. The second-order valence-corrected chi connectivity index (χ2v) is 4.31. The van der Waals surface area contributed by atoms with E-state index in [-0.39, 0.29) is 11.9 Å². The van der Waals surface area contributed by atoms with E-state index in [0.717, 1.165) is 12.8 Å². The Hall–Kier alpha value is -2.02. The maximum absolute atomic E-state index is 11.7. The molecule has 0 bridgehead atoms. The number of rotatable bonds is 4. The topological polar surface area (TPSA) is 64.9 Å². The fourth-order valence-corrected chi connectivity index (χ4v) is 1.56. The summed E-state index contributed by atoms with van der Waals surface area (Å²) < 4.78 is 0. The molecule has 1 fully saturated rings. The third-order valence-corrected chi connectivity index (χ3v) is 2.74. The van der Waals surface area contributed by atoms with E-state index in [2.05, 4.69) is 16.7 Å². The molecule has 0 aromatic heterocycles. The summed E-state index contributed by atoms with van der Waals surface area (Å²) >= 11 is 0. The summed E-state index contributed by atoms with van der Waals surface area (Å²) in [5.41, 5.74) is 1.26. The number of para-hydroxylation sites is 1. The van der Waals surface area contributed by atoms with Gasteiger partial charge in [-0.1, -0.05) is 12.1 Å². The van der Waals surface area contributed by atoms with Gasteiger partial charge in [0.1, 0.15) is 12.1 Å². The molecule has 4 heteroatoms. The fourth-order valence-electron chi connectivity index (χ4n) is 1.56. The molecule has 0 radical (unpaired) electrons. The number of hydrogen-bond donors (Lipinski definition) is 2. The molecule has 1 aromatic rings. The minimum Gasteiger partial charge on any atom is -0.373 e. The molecule has 88 valence electrons. The average molecular weight is 229 g/mol. The Morgan fingerprint density at radius 3 is 2.82 bits per heavy atom. The van der Waals surface area contributed by atoms with Gasteiger partial charge in [-0.15, -0.1) is 0 Å². The van der Waals surface area contributed by atoms with Gasteiger partial charge in [-0.05, 0) is 31.9 Å². The van der Waals surface area contributed by atoms with Crippen molar-refractivity contribution in [3.05, 3.63) is 29.8 Å². The Morgan fingerprint density at radius 2 is 2.18 bits per heavy atom. The molecule has 0 saturated heterocycles. The highest BCUT2D eigenvalue weighted by atomic mass is 16.2. The number of carbonyl (C=O) groups excluding carboxylic acids is 1. The zero-order valence-corrected chi connectivity index (χ0v) is 9.73. The molecule has 1 unspecified atom stereocenters. The lowest BCUT2D eigenvalue weighted by Gasteiger charge is -2.15. The van der Waals surface area contributed by atoms with Gasteiger partial charge in [0.2, 0.25) is 5.91 Å². The minimum absolute atomic E-state index is 0.0137. The van der Waals surface area contributed by atoms with E-state index in [9.17, 15) is 4.79 Å². The lowest BCUT2D eigenvalue weighted by atomic mass is 10.1. The summed E-state index contributed by atoms with van der Waals surface area (Å²) in [4.78, 5) is 11.7. The maximum atomic E-state index is 11.7. The number of benzene rings is 1. The van der Waals surface area contributed by atoms with Crippen LogP contribution in [0.3, 0.4) is 0 Å². The van der Waals surface area contributed by atoms with Crippen molar-refractivity contribution in [2.45, 2.75) is 31.8 Å². The molecule has 2 N–H and O–H groups in total. The molecule has 1 aliphatic rings. The first-order valence-corrected chi connectivity index (χ1v) is 5.76. The van der Waals surface area contributed by atoms with Crippen LogP contribution in [0.1, 0.15) is 25.3 Å². The molecule has 1 atom stereocenters. The molecule has 0 spiro atoms. The highest BCUT2D eigenvalue weighted by Gasteiger charge is 2.25. The predicted octanol–water partition coefficient (Wildman–Crippen LogP) is 1.64. The van der Waals surface area contributed by atoms with Crippen molar-refractivity contribution < 1.29 is 4.79 Å². The van der Waals surface area contributed by atoms with Crippen molar-refractivity contribution in [3.63, 3.8) is 0 Å². The van der Waals surface area contributed by atoms with Crippen molar-refractivity contribution in [2.75, 3.05) is 5.32 Å². The first-order chi connectivity index (χ1) is 8.20. The molecule has 2 rings (SSSR count). The van der Waals surface area contributed by atoms with Crippen LogP contribution in [0.2, 0.25) is 0 Å². The summed E-state index contributed by atoms with van der Waals surface area (Å²) in [6.07, 6.45) is 2.15. The van der Waals surface area contributed by atoms with E-state index in [4.69, 9.17) is 5.26 Å². The number of nitrogens with zero attached hydrogens (tertiary/aromatic N) is 1. The Labute approximate surface area is 101 Å². The molecule has 1 aromatic carbocycles. The van der Waals surface area contributed by atoms with Crippen molar-refractivity contribution in [1.29, 1.82) is 5.26 Å². The molecular formula is C13H15N3O. The first-order valence-electron chi connectivity index (χ1n) is 5.76.